The van der Waals surface area contributed by atoms with Crippen molar-refractivity contribution in [2.45, 2.75) is 32.1 Å². The molecule has 1 amide bonds. The molecule has 0 aromatic heterocycles. The molecule has 0 saturated heterocycles. The van der Waals surface area contributed by atoms with Gasteiger partial charge in [0.2, 0.25) is 0 Å². The summed E-state index contributed by atoms with van der Waals surface area (Å²) in [7, 11) is -3.82. The van der Waals surface area contributed by atoms with Gasteiger partial charge in [0.05, 0.1) is 21.7 Å². The second-order valence-electron chi connectivity index (χ2n) is 5.96. The Labute approximate surface area is 174 Å². The van der Waals surface area contributed by atoms with E-state index in [4.69, 9.17) is 4.74 Å². The van der Waals surface area contributed by atoms with Crippen molar-refractivity contribution < 1.29 is 17.9 Å². The summed E-state index contributed by atoms with van der Waals surface area (Å²) in [5.41, 5.74) is 1.38. The average molecular weight is 467 g/mol. The Kier molecular flexibility index (Phi) is 7.65. The molecule has 0 aliphatic rings. The Hall–Kier alpha value is -2.32. The fourth-order valence-corrected chi connectivity index (χ4v) is 4.01. The first kappa shape index (κ1) is 22.0. The molecule has 2 aromatic rings. The summed E-state index contributed by atoms with van der Waals surface area (Å²) in [6.07, 6.45) is 2.55. The first-order valence-corrected chi connectivity index (χ1v) is 11.1. The van der Waals surface area contributed by atoms with Crippen molar-refractivity contribution in [3.63, 3.8) is 0 Å². The molecule has 28 heavy (non-hydrogen) atoms. The lowest BCUT2D eigenvalue weighted by Gasteiger charge is -2.12. The normalized spacial score (nSPS) is 11.8. The van der Waals surface area contributed by atoms with Crippen LogP contribution in [0.3, 0.4) is 0 Å². The Morgan fingerprint density at radius 2 is 1.89 bits per heavy atom. The average Bonchev–Trinajstić information content (AvgIpc) is 2.64. The molecule has 8 heteroatoms. The van der Waals surface area contributed by atoms with Crippen LogP contribution < -0.4 is 14.8 Å². The van der Waals surface area contributed by atoms with E-state index in [9.17, 15) is 13.2 Å². The molecule has 150 valence electrons. The van der Waals surface area contributed by atoms with E-state index in [1.165, 1.54) is 12.1 Å². The van der Waals surface area contributed by atoms with Crippen LogP contribution in [0.4, 0.5) is 11.4 Å². The minimum absolute atomic E-state index is 0.0485. The fraction of sp³-hybridized carbons (Fsp3) is 0.250. The first-order chi connectivity index (χ1) is 13.3. The molecular weight excluding hydrogens is 444 g/mol. The number of hydrogen-bond donors (Lipinski definition) is 2. The number of carbonyl (C=O) groups is 1. The summed E-state index contributed by atoms with van der Waals surface area (Å²) in [5, 5.41) is 2.71. The number of halogens is 1. The minimum Gasteiger partial charge on any atom is -0.493 e. The van der Waals surface area contributed by atoms with Gasteiger partial charge in [-0.1, -0.05) is 19.1 Å². The van der Waals surface area contributed by atoms with E-state index in [0.29, 0.717) is 33.8 Å². The van der Waals surface area contributed by atoms with Crippen LogP contribution >= 0.6 is 15.9 Å². The maximum atomic E-state index is 12.7. The van der Waals surface area contributed by atoms with E-state index in [2.05, 4.69) is 26.0 Å². The summed E-state index contributed by atoms with van der Waals surface area (Å²) >= 11 is 3.36. The number of benzene rings is 2. The molecule has 2 N–H and O–H groups in total. The second-order valence-corrected chi connectivity index (χ2v) is 8.50. The first-order valence-electron chi connectivity index (χ1n) is 8.80. The molecule has 0 radical (unpaired) electrons. The fourth-order valence-electron chi connectivity index (χ4n) is 2.42. The molecule has 0 saturated carbocycles. The van der Waals surface area contributed by atoms with Crippen LogP contribution in [0.25, 0.3) is 0 Å². The highest BCUT2D eigenvalue weighted by Crippen LogP contribution is 2.29. The number of nitrogens with one attached hydrogen (secondary N) is 2. The summed E-state index contributed by atoms with van der Waals surface area (Å²) in [4.78, 5) is 12.2. The second kappa shape index (κ2) is 9.75. The topological polar surface area (TPSA) is 84.5 Å². The van der Waals surface area contributed by atoms with Crippen molar-refractivity contribution in [1.29, 1.82) is 0 Å². The van der Waals surface area contributed by atoms with Gasteiger partial charge >= 0.3 is 0 Å². The zero-order chi connectivity index (χ0) is 20.7. The SMILES string of the molecule is CCC=C(C)C(=O)Nc1cccc(S(=O)(=O)Nc2ccc(OCC)c(Br)c2)c1. The standard InChI is InChI=1S/C20H23BrN2O4S/c1-4-7-14(3)20(24)22-15-8-6-9-17(12-15)28(25,26)23-16-10-11-19(27-5-2)18(21)13-16/h6-13,23H,4-5H2,1-3H3,(H,22,24). The molecule has 0 unspecified atom stereocenters. The number of allylic oxidation sites excluding steroid dienone is 1. The largest absolute Gasteiger partial charge is 0.493 e. The third kappa shape index (κ3) is 5.84. The van der Waals surface area contributed by atoms with E-state index in [-0.39, 0.29) is 10.8 Å². The van der Waals surface area contributed by atoms with Crippen molar-refractivity contribution in [3.05, 3.63) is 58.6 Å². The quantitative estimate of drug-likeness (QED) is 0.539. The zero-order valence-corrected chi connectivity index (χ0v) is 18.4. The van der Waals surface area contributed by atoms with Crippen LogP contribution in [-0.2, 0) is 14.8 Å². The lowest BCUT2D eigenvalue weighted by Crippen LogP contribution is -2.15. The summed E-state index contributed by atoms with van der Waals surface area (Å²) < 4.78 is 34.0. The molecule has 0 atom stereocenters. The lowest BCUT2D eigenvalue weighted by molar-refractivity contribution is -0.112. The van der Waals surface area contributed by atoms with Gasteiger partial charge in [0.25, 0.3) is 15.9 Å². The molecule has 0 aliphatic heterocycles. The van der Waals surface area contributed by atoms with Gasteiger partial charge in [-0.25, -0.2) is 8.42 Å². The van der Waals surface area contributed by atoms with Gasteiger partial charge in [-0.3, -0.25) is 9.52 Å². The van der Waals surface area contributed by atoms with Crippen LogP contribution in [0.15, 0.2) is 63.5 Å². The molecule has 2 rings (SSSR count). The minimum atomic E-state index is -3.82. The molecule has 0 spiro atoms. The van der Waals surface area contributed by atoms with Crippen molar-refractivity contribution >= 4 is 43.2 Å². The van der Waals surface area contributed by atoms with Crippen molar-refractivity contribution in [1.82, 2.24) is 0 Å². The van der Waals surface area contributed by atoms with Gasteiger partial charge in [-0.2, -0.15) is 0 Å². The highest BCUT2D eigenvalue weighted by Gasteiger charge is 2.16. The predicted molar refractivity (Wildman–Crippen MR) is 115 cm³/mol. The summed E-state index contributed by atoms with van der Waals surface area (Å²) in [6.45, 7) is 6.03. The molecule has 0 aliphatic carbocycles. The van der Waals surface area contributed by atoms with Gasteiger partial charge in [-0.15, -0.1) is 0 Å². The third-order valence-electron chi connectivity index (χ3n) is 3.75. The number of amides is 1. The lowest BCUT2D eigenvalue weighted by atomic mass is 10.2. The zero-order valence-electron chi connectivity index (χ0n) is 16.0. The van der Waals surface area contributed by atoms with E-state index in [1.54, 1.807) is 43.3 Å². The molecule has 6 nitrogen and oxygen atoms in total. The number of anilines is 2. The smallest absolute Gasteiger partial charge is 0.261 e. The molecule has 0 heterocycles. The van der Waals surface area contributed by atoms with Gasteiger partial charge < -0.3 is 10.1 Å². The van der Waals surface area contributed by atoms with Crippen LogP contribution in [0.1, 0.15) is 27.2 Å². The van der Waals surface area contributed by atoms with Crippen molar-refractivity contribution in [2.75, 3.05) is 16.6 Å². The van der Waals surface area contributed by atoms with Crippen molar-refractivity contribution in [2.24, 2.45) is 0 Å². The highest BCUT2D eigenvalue weighted by atomic mass is 79.9. The van der Waals surface area contributed by atoms with Gasteiger partial charge in [-0.05, 0) is 72.6 Å². The highest BCUT2D eigenvalue weighted by molar-refractivity contribution is 9.10. The number of rotatable bonds is 8. The van der Waals surface area contributed by atoms with E-state index in [0.717, 1.165) is 6.42 Å². The third-order valence-corrected chi connectivity index (χ3v) is 5.75. The number of carbonyl (C=O) groups excluding carboxylic acids is 1. The molecule has 2 aromatic carbocycles. The maximum absolute atomic E-state index is 12.7. The van der Waals surface area contributed by atoms with Crippen LogP contribution in [-0.4, -0.2) is 20.9 Å². The van der Waals surface area contributed by atoms with Crippen LogP contribution in [0, 0.1) is 0 Å². The Morgan fingerprint density at radius 3 is 2.54 bits per heavy atom. The molecular formula is C20H23BrN2O4S. The van der Waals surface area contributed by atoms with Gasteiger partial charge in [0.1, 0.15) is 5.75 Å². The summed E-state index contributed by atoms with van der Waals surface area (Å²) in [6, 6.07) is 11.1. The van der Waals surface area contributed by atoms with Gasteiger partial charge in [0, 0.05) is 11.3 Å². The Morgan fingerprint density at radius 1 is 1.14 bits per heavy atom. The molecule has 0 bridgehead atoms. The monoisotopic (exact) mass is 466 g/mol. The number of sulfonamides is 1. The van der Waals surface area contributed by atoms with E-state index in [1.807, 2.05) is 13.8 Å². The van der Waals surface area contributed by atoms with E-state index < -0.39 is 10.0 Å². The number of hydrogen-bond acceptors (Lipinski definition) is 4. The Bertz CT molecular complexity index is 987. The van der Waals surface area contributed by atoms with Gasteiger partial charge in [0.15, 0.2) is 0 Å². The van der Waals surface area contributed by atoms with Crippen molar-refractivity contribution in [3.8, 4) is 5.75 Å². The summed E-state index contributed by atoms with van der Waals surface area (Å²) in [5.74, 6) is 0.366. The van der Waals surface area contributed by atoms with Crippen LogP contribution in [0.5, 0.6) is 5.75 Å². The van der Waals surface area contributed by atoms with E-state index >= 15 is 0 Å². The Balaban J connectivity index is 2.21. The predicted octanol–water partition coefficient (Wildman–Crippen LogP) is 4.94. The number of ether oxygens (including phenoxy) is 1. The van der Waals surface area contributed by atoms with Crippen LogP contribution in [0.2, 0.25) is 0 Å². The molecule has 0 fully saturated rings. The maximum Gasteiger partial charge on any atom is 0.261 e.